The van der Waals surface area contributed by atoms with Crippen LogP contribution in [0, 0.1) is 0 Å². The van der Waals surface area contributed by atoms with E-state index >= 15 is 0 Å². The van der Waals surface area contributed by atoms with Crippen LogP contribution in [0.3, 0.4) is 0 Å². The molecule has 0 aliphatic carbocycles. The Morgan fingerprint density at radius 2 is 0.862 bits per heavy atom. The fraction of sp³-hybridized carbons (Fsp3) is 0.860. The fourth-order valence-corrected chi connectivity index (χ4v) is 7.26. The number of quaternary nitrogens is 1. The maximum Gasteiger partial charge on any atom is 0.362 e. The van der Waals surface area contributed by atoms with Gasteiger partial charge in [-0.2, -0.15) is 0 Å². The highest BCUT2D eigenvalue weighted by atomic mass is 16.6. The van der Waals surface area contributed by atoms with E-state index in [2.05, 4.69) is 38.2 Å². The molecule has 2 unspecified atom stereocenters. The van der Waals surface area contributed by atoms with Gasteiger partial charge in [0.1, 0.15) is 6.61 Å². The summed E-state index contributed by atoms with van der Waals surface area (Å²) in [5, 5.41) is 9.64. The van der Waals surface area contributed by atoms with Crippen LogP contribution in [0.25, 0.3) is 0 Å². The highest BCUT2D eigenvalue weighted by Gasteiger charge is 2.31. The molecule has 0 amide bonds. The highest BCUT2D eigenvalue weighted by molar-refractivity contribution is 5.72. The van der Waals surface area contributed by atoms with Gasteiger partial charge in [-0.1, -0.05) is 167 Å². The minimum Gasteiger partial charge on any atom is -0.477 e. The standard InChI is InChI=1S/C50H93NO7/c1-6-8-10-12-14-16-18-20-22-24-25-27-29-31-33-35-37-39-41-49(53)58-46(44-56-43-42-47(50(54)55)51(3,4)5)45-57-48(52)40-38-36-34-32-30-28-26-23-21-19-17-15-13-11-9-7-2/h23,25-27,46-47H,6-22,24,28-45H2,1-5H3/p+1/b26-23+,27-25+. The number of ether oxygens (including phenoxy) is 3. The van der Waals surface area contributed by atoms with Crippen molar-refractivity contribution in [2.45, 2.75) is 238 Å². The van der Waals surface area contributed by atoms with Gasteiger partial charge in [-0.3, -0.25) is 9.59 Å². The van der Waals surface area contributed by atoms with E-state index in [-0.39, 0.29) is 36.2 Å². The van der Waals surface area contributed by atoms with Crippen molar-refractivity contribution in [3.63, 3.8) is 0 Å². The molecule has 0 aromatic heterocycles. The summed E-state index contributed by atoms with van der Waals surface area (Å²) in [6.45, 7) is 4.74. The number of hydrogen-bond donors (Lipinski definition) is 1. The molecule has 0 radical (unpaired) electrons. The Hall–Kier alpha value is -2.19. The Balaban J connectivity index is 4.30. The maximum absolute atomic E-state index is 12.8. The van der Waals surface area contributed by atoms with Gasteiger partial charge in [0.15, 0.2) is 12.1 Å². The minimum absolute atomic E-state index is 0.0555. The van der Waals surface area contributed by atoms with Crippen molar-refractivity contribution in [1.82, 2.24) is 0 Å². The molecular weight excluding hydrogens is 727 g/mol. The lowest BCUT2D eigenvalue weighted by Gasteiger charge is -2.31. The molecule has 0 rings (SSSR count). The second kappa shape index (κ2) is 41.5. The summed E-state index contributed by atoms with van der Waals surface area (Å²) in [7, 11) is 5.53. The van der Waals surface area contributed by atoms with E-state index in [4.69, 9.17) is 14.2 Å². The predicted octanol–water partition coefficient (Wildman–Crippen LogP) is 13.6. The second-order valence-electron chi connectivity index (χ2n) is 17.7. The van der Waals surface area contributed by atoms with E-state index in [9.17, 15) is 19.5 Å². The summed E-state index contributed by atoms with van der Waals surface area (Å²) in [6.07, 6.45) is 46.5. The van der Waals surface area contributed by atoms with Crippen LogP contribution < -0.4 is 0 Å². The van der Waals surface area contributed by atoms with Gasteiger partial charge >= 0.3 is 17.9 Å². The summed E-state index contributed by atoms with van der Waals surface area (Å²) in [4.78, 5) is 37.1. The molecule has 0 heterocycles. The Morgan fingerprint density at radius 3 is 1.24 bits per heavy atom. The van der Waals surface area contributed by atoms with E-state index in [1.54, 1.807) is 0 Å². The third kappa shape index (κ3) is 39.3. The molecule has 0 aromatic carbocycles. The normalized spacial score (nSPS) is 13.1. The number of esters is 2. The van der Waals surface area contributed by atoms with Crippen molar-refractivity contribution < 1.29 is 38.2 Å². The van der Waals surface area contributed by atoms with Crippen LogP contribution in [0.2, 0.25) is 0 Å². The first-order valence-electron chi connectivity index (χ1n) is 24.4. The monoisotopic (exact) mass is 821 g/mol. The molecular formula is C50H94NO7+. The summed E-state index contributed by atoms with van der Waals surface area (Å²) in [6, 6.07) is -0.615. The molecule has 8 nitrogen and oxygen atoms in total. The number of hydrogen-bond acceptors (Lipinski definition) is 6. The molecule has 0 fully saturated rings. The van der Waals surface area contributed by atoms with Gasteiger partial charge in [-0.15, -0.1) is 0 Å². The molecule has 0 aliphatic rings. The Labute approximate surface area is 358 Å². The number of likely N-dealkylation sites (N-methyl/N-ethyl adjacent to an activating group) is 1. The molecule has 0 saturated carbocycles. The fourth-order valence-electron chi connectivity index (χ4n) is 7.26. The Morgan fingerprint density at radius 1 is 0.500 bits per heavy atom. The molecule has 0 spiro atoms. The zero-order chi connectivity index (χ0) is 42.8. The number of carbonyl (C=O) groups is 3. The number of carbonyl (C=O) groups excluding carboxylic acids is 2. The molecule has 1 N–H and O–H groups in total. The van der Waals surface area contributed by atoms with Gasteiger partial charge in [0, 0.05) is 19.3 Å². The van der Waals surface area contributed by atoms with E-state index in [0.29, 0.717) is 19.3 Å². The van der Waals surface area contributed by atoms with E-state index in [1.165, 1.54) is 135 Å². The first kappa shape index (κ1) is 55.8. The number of rotatable bonds is 44. The van der Waals surface area contributed by atoms with Crippen molar-refractivity contribution in [3.8, 4) is 0 Å². The van der Waals surface area contributed by atoms with E-state index in [1.807, 2.05) is 21.1 Å². The summed E-state index contributed by atoms with van der Waals surface area (Å²) >= 11 is 0. The van der Waals surface area contributed by atoms with Crippen LogP contribution >= 0.6 is 0 Å². The van der Waals surface area contributed by atoms with Gasteiger partial charge < -0.3 is 23.8 Å². The Bertz CT molecular complexity index is 1000. The zero-order valence-corrected chi connectivity index (χ0v) is 38.8. The van der Waals surface area contributed by atoms with Gasteiger partial charge in [0.2, 0.25) is 0 Å². The quantitative estimate of drug-likeness (QED) is 0.0283. The molecule has 0 saturated heterocycles. The lowest BCUT2D eigenvalue weighted by Crippen LogP contribution is -2.50. The van der Waals surface area contributed by atoms with E-state index in [0.717, 1.165) is 57.8 Å². The maximum atomic E-state index is 12.8. The number of carboxylic acid groups (broad SMARTS) is 1. The van der Waals surface area contributed by atoms with Gasteiger partial charge in [0.25, 0.3) is 0 Å². The van der Waals surface area contributed by atoms with Crippen LogP contribution in [0.15, 0.2) is 24.3 Å². The SMILES string of the molecule is CCCCCCCCC/C=C/CCCCCCCC(=O)OCC(COCCC(C(=O)O)[N+](C)(C)C)OC(=O)CCCCCCC/C=C/CCCCCCCCCCC. The van der Waals surface area contributed by atoms with Crippen molar-refractivity contribution in [2.24, 2.45) is 0 Å². The first-order valence-corrected chi connectivity index (χ1v) is 24.4. The van der Waals surface area contributed by atoms with Crippen molar-refractivity contribution in [3.05, 3.63) is 24.3 Å². The summed E-state index contributed by atoms with van der Waals surface area (Å²) in [5.74, 6) is -1.48. The lowest BCUT2D eigenvalue weighted by atomic mass is 10.1. The molecule has 0 aliphatic heterocycles. The molecule has 340 valence electrons. The average molecular weight is 821 g/mol. The molecule has 8 heteroatoms. The van der Waals surface area contributed by atoms with Crippen molar-refractivity contribution in [1.29, 1.82) is 0 Å². The lowest BCUT2D eigenvalue weighted by molar-refractivity contribution is -0.887. The second-order valence-corrected chi connectivity index (χ2v) is 17.7. The summed E-state index contributed by atoms with van der Waals surface area (Å²) in [5.41, 5.74) is 0. The largest absolute Gasteiger partial charge is 0.477 e. The summed E-state index contributed by atoms with van der Waals surface area (Å²) < 4.78 is 17.3. The van der Waals surface area contributed by atoms with Crippen LogP contribution in [0.1, 0.15) is 226 Å². The zero-order valence-electron chi connectivity index (χ0n) is 38.8. The van der Waals surface area contributed by atoms with Crippen LogP contribution in [0.5, 0.6) is 0 Å². The number of nitrogens with zero attached hydrogens (tertiary/aromatic N) is 1. The first-order chi connectivity index (χ1) is 28.1. The highest BCUT2D eigenvalue weighted by Crippen LogP contribution is 2.15. The van der Waals surface area contributed by atoms with Gasteiger partial charge in [-0.25, -0.2) is 4.79 Å². The minimum atomic E-state index is -0.875. The average Bonchev–Trinajstić information content (AvgIpc) is 3.18. The third-order valence-electron chi connectivity index (χ3n) is 11.1. The predicted molar refractivity (Wildman–Crippen MR) is 243 cm³/mol. The number of aliphatic carboxylic acids is 1. The van der Waals surface area contributed by atoms with Crippen molar-refractivity contribution in [2.75, 3.05) is 41.0 Å². The topological polar surface area (TPSA) is 99.1 Å². The number of carboxylic acids is 1. The van der Waals surface area contributed by atoms with Crippen LogP contribution in [-0.4, -0.2) is 80.6 Å². The number of allylic oxidation sites excluding steroid dienone is 4. The number of unbranched alkanes of at least 4 members (excludes halogenated alkanes) is 26. The van der Waals surface area contributed by atoms with Crippen LogP contribution in [0.4, 0.5) is 0 Å². The molecule has 2 atom stereocenters. The van der Waals surface area contributed by atoms with Gasteiger partial charge in [0.05, 0.1) is 34.4 Å². The van der Waals surface area contributed by atoms with Crippen LogP contribution in [-0.2, 0) is 28.6 Å². The third-order valence-corrected chi connectivity index (χ3v) is 11.1. The molecule has 0 aromatic rings. The molecule has 58 heavy (non-hydrogen) atoms. The van der Waals surface area contributed by atoms with Crippen molar-refractivity contribution >= 4 is 17.9 Å². The molecule has 0 bridgehead atoms. The van der Waals surface area contributed by atoms with Gasteiger partial charge in [-0.05, 0) is 64.2 Å². The Kier molecular flexibility index (Phi) is 40.0. The van der Waals surface area contributed by atoms with E-state index < -0.39 is 18.1 Å². The smallest absolute Gasteiger partial charge is 0.362 e.